The van der Waals surface area contributed by atoms with E-state index in [1.165, 1.54) is 6.07 Å². The van der Waals surface area contributed by atoms with Crippen LogP contribution in [0.2, 0.25) is 0 Å². The Labute approximate surface area is 145 Å². The van der Waals surface area contributed by atoms with E-state index in [0.717, 1.165) is 37.4 Å². The van der Waals surface area contributed by atoms with Crippen molar-refractivity contribution in [3.05, 3.63) is 64.2 Å². The Kier molecular flexibility index (Phi) is 4.13. The zero-order chi connectivity index (χ0) is 17.4. The average molecular weight is 340 g/mol. The summed E-state index contributed by atoms with van der Waals surface area (Å²) in [5.41, 5.74) is 0.909. The summed E-state index contributed by atoms with van der Waals surface area (Å²) in [4.78, 5) is 22.2. The molecule has 1 atom stereocenters. The van der Waals surface area contributed by atoms with Crippen LogP contribution in [0.3, 0.4) is 0 Å². The zero-order valence-corrected chi connectivity index (χ0v) is 14.2. The van der Waals surface area contributed by atoms with E-state index < -0.39 is 0 Å². The van der Waals surface area contributed by atoms with Crippen molar-refractivity contribution < 1.29 is 4.39 Å². The van der Waals surface area contributed by atoms with E-state index in [0.29, 0.717) is 23.4 Å². The van der Waals surface area contributed by atoms with Crippen LogP contribution in [0.5, 0.6) is 0 Å². The molecule has 0 spiro atoms. The number of aromatic nitrogens is 3. The quantitative estimate of drug-likeness (QED) is 0.798. The molecule has 1 N–H and O–H groups in total. The van der Waals surface area contributed by atoms with Crippen LogP contribution in [0.15, 0.2) is 41.5 Å². The standard InChI is InChI=1S/C19H21FN4O/c1-23-9-7-21-19(23)13-4-3-8-24(11-13)12-14-10-17(25)15-5-2-6-16(20)18(15)22-14/h2,5-7,9-10,13H,3-4,8,11-12H2,1H3,(H,22,25)/t13-/m1/s1. The Bertz CT molecular complexity index is 961. The number of para-hydroxylation sites is 1. The van der Waals surface area contributed by atoms with Crippen molar-refractivity contribution >= 4 is 10.9 Å². The molecule has 0 saturated carbocycles. The number of aromatic amines is 1. The SMILES string of the molecule is Cn1ccnc1[C@@H]1CCCN(Cc2cc(=O)c3cccc(F)c3[nH]2)C1. The molecule has 1 saturated heterocycles. The van der Waals surface area contributed by atoms with Gasteiger partial charge in [-0.25, -0.2) is 9.37 Å². The summed E-state index contributed by atoms with van der Waals surface area (Å²) in [5, 5.41) is 0.397. The maximum atomic E-state index is 14.0. The minimum atomic E-state index is -0.388. The first kappa shape index (κ1) is 16.0. The van der Waals surface area contributed by atoms with Crippen molar-refractivity contribution in [1.82, 2.24) is 19.4 Å². The average Bonchev–Trinajstić information content (AvgIpc) is 3.02. The van der Waals surface area contributed by atoms with E-state index in [4.69, 9.17) is 0 Å². The van der Waals surface area contributed by atoms with Gasteiger partial charge in [-0.1, -0.05) is 6.07 Å². The van der Waals surface area contributed by atoms with Crippen LogP contribution in [0.4, 0.5) is 4.39 Å². The first-order chi connectivity index (χ1) is 12.1. The molecule has 2 aromatic heterocycles. The van der Waals surface area contributed by atoms with Gasteiger partial charge in [0.05, 0.1) is 5.52 Å². The maximum absolute atomic E-state index is 14.0. The highest BCUT2D eigenvalue weighted by Crippen LogP contribution is 2.26. The third-order valence-corrected chi connectivity index (χ3v) is 4.99. The maximum Gasteiger partial charge on any atom is 0.189 e. The topological polar surface area (TPSA) is 53.9 Å². The van der Waals surface area contributed by atoms with Gasteiger partial charge >= 0.3 is 0 Å². The number of nitrogens with zero attached hydrogens (tertiary/aromatic N) is 3. The number of aryl methyl sites for hydroxylation is 1. The molecule has 3 heterocycles. The molecule has 0 radical (unpaired) electrons. The molecule has 3 aromatic rings. The number of fused-ring (bicyclic) bond motifs is 1. The molecular formula is C19H21FN4O. The van der Waals surface area contributed by atoms with E-state index in [1.54, 1.807) is 18.2 Å². The Morgan fingerprint density at radius 2 is 2.28 bits per heavy atom. The number of halogens is 1. The Hall–Kier alpha value is -2.47. The van der Waals surface area contributed by atoms with Gasteiger partial charge < -0.3 is 9.55 Å². The summed E-state index contributed by atoms with van der Waals surface area (Å²) in [6, 6.07) is 6.18. The van der Waals surface area contributed by atoms with Crippen molar-refractivity contribution in [2.24, 2.45) is 7.05 Å². The number of rotatable bonds is 3. The van der Waals surface area contributed by atoms with Crippen molar-refractivity contribution in [1.29, 1.82) is 0 Å². The molecule has 6 heteroatoms. The van der Waals surface area contributed by atoms with E-state index in [-0.39, 0.29) is 11.2 Å². The largest absolute Gasteiger partial charge is 0.355 e. The highest BCUT2D eigenvalue weighted by molar-refractivity contribution is 5.78. The van der Waals surface area contributed by atoms with Gasteiger partial charge in [-0.2, -0.15) is 0 Å². The zero-order valence-electron chi connectivity index (χ0n) is 14.2. The molecule has 0 aliphatic carbocycles. The summed E-state index contributed by atoms with van der Waals surface area (Å²) in [5.74, 6) is 1.10. The number of imidazole rings is 1. The van der Waals surface area contributed by atoms with Crippen LogP contribution >= 0.6 is 0 Å². The molecule has 0 unspecified atom stereocenters. The van der Waals surface area contributed by atoms with Crippen molar-refractivity contribution in [3.63, 3.8) is 0 Å². The lowest BCUT2D eigenvalue weighted by Crippen LogP contribution is -2.35. The van der Waals surface area contributed by atoms with Crippen molar-refractivity contribution in [2.75, 3.05) is 13.1 Å². The highest BCUT2D eigenvalue weighted by Gasteiger charge is 2.24. The van der Waals surface area contributed by atoms with Gasteiger partial charge in [0.25, 0.3) is 0 Å². The Morgan fingerprint density at radius 1 is 1.40 bits per heavy atom. The predicted octanol–water partition coefficient (Wildman–Crippen LogP) is 2.78. The molecule has 0 bridgehead atoms. The van der Waals surface area contributed by atoms with Gasteiger partial charge in [-0.3, -0.25) is 9.69 Å². The second-order valence-corrected chi connectivity index (χ2v) is 6.79. The van der Waals surface area contributed by atoms with Crippen LogP contribution in [0.1, 0.15) is 30.3 Å². The summed E-state index contributed by atoms with van der Waals surface area (Å²) in [6.07, 6.45) is 6.00. The van der Waals surface area contributed by atoms with Crippen LogP contribution in [-0.2, 0) is 13.6 Å². The smallest absolute Gasteiger partial charge is 0.189 e. The monoisotopic (exact) mass is 340 g/mol. The van der Waals surface area contributed by atoms with Gasteiger partial charge in [0.1, 0.15) is 11.6 Å². The van der Waals surface area contributed by atoms with Crippen molar-refractivity contribution in [2.45, 2.75) is 25.3 Å². The number of H-pyrrole nitrogens is 1. The van der Waals surface area contributed by atoms with Gasteiger partial charge in [0.15, 0.2) is 5.43 Å². The number of hydrogen-bond acceptors (Lipinski definition) is 3. The summed E-state index contributed by atoms with van der Waals surface area (Å²) in [7, 11) is 2.02. The highest BCUT2D eigenvalue weighted by atomic mass is 19.1. The first-order valence-corrected chi connectivity index (χ1v) is 8.62. The van der Waals surface area contributed by atoms with Crippen LogP contribution in [0.25, 0.3) is 10.9 Å². The van der Waals surface area contributed by atoms with E-state index in [2.05, 4.69) is 19.4 Å². The molecular weight excluding hydrogens is 319 g/mol. The third kappa shape index (κ3) is 3.09. The Morgan fingerprint density at radius 3 is 3.08 bits per heavy atom. The number of benzene rings is 1. The second-order valence-electron chi connectivity index (χ2n) is 6.79. The normalized spacial score (nSPS) is 18.7. The summed E-state index contributed by atoms with van der Waals surface area (Å²) < 4.78 is 16.1. The number of nitrogens with one attached hydrogen (secondary N) is 1. The fourth-order valence-electron chi connectivity index (χ4n) is 3.80. The number of hydrogen-bond donors (Lipinski definition) is 1. The second kappa shape index (κ2) is 6.44. The molecule has 4 rings (SSSR count). The van der Waals surface area contributed by atoms with Crippen molar-refractivity contribution in [3.8, 4) is 0 Å². The lowest BCUT2D eigenvalue weighted by atomic mass is 9.97. The van der Waals surface area contributed by atoms with E-state index >= 15 is 0 Å². The van der Waals surface area contributed by atoms with Gasteiger partial charge in [-0.15, -0.1) is 0 Å². The van der Waals surface area contributed by atoms with E-state index in [1.807, 2.05) is 19.4 Å². The van der Waals surface area contributed by atoms with Gasteiger partial charge in [0.2, 0.25) is 0 Å². The fraction of sp³-hybridized carbons (Fsp3) is 0.368. The van der Waals surface area contributed by atoms with Crippen LogP contribution in [0, 0.1) is 5.82 Å². The number of pyridine rings is 1. The Balaban J connectivity index is 1.58. The number of likely N-dealkylation sites (tertiary alicyclic amines) is 1. The molecule has 1 aliphatic heterocycles. The van der Waals surface area contributed by atoms with Crippen LogP contribution < -0.4 is 5.43 Å². The van der Waals surface area contributed by atoms with Gasteiger partial charge in [-0.05, 0) is 31.5 Å². The molecule has 1 fully saturated rings. The molecule has 1 aromatic carbocycles. The fourth-order valence-corrected chi connectivity index (χ4v) is 3.80. The lowest BCUT2D eigenvalue weighted by Gasteiger charge is -2.32. The van der Waals surface area contributed by atoms with E-state index in [9.17, 15) is 9.18 Å². The molecule has 0 amide bonds. The summed E-state index contributed by atoms with van der Waals surface area (Å²) >= 11 is 0. The molecule has 25 heavy (non-hydrogen) atoms. The first-order valence-electron chi connectivity index (χ1n) is 8.62. The molecule has 5 nitrogen and oxygen atoms in total. The predicted molar refractivity (Wildman–Crippen MR) is 95.0 cm³/mol. The molecule has 1 aliphatic rings. The minimum Gasteiger partial charge on any atom is -0.355 e. The minimum absolute atomic E-state index is 0.138. The third-order valence-electron chi connectivity index (χ3n) is 4.99. The van der Waals surface area contributed by atoms with Crippen LogP contribution in [-0.4, -0.2) is 32.5 Å². The summed E-state index contributed by atoms with van der Waals surface area (Å²) in [6.45, 7) is 2.47. The van der Waals surface area contributed by atoms with Gasteiger partial charge in [0, 0.05) is 55.6 Å². The number of piperidine rings is 1. The molecule has 130 valence electrons. The lowest BCUT2D eigenvalue weighted by molar-refractivity contribution is 0.193.